The third-order valence-electron chi connectivity index (χ3n) is 2.37. The van der Waals surface area contributed by atoms with E-state index in [9.17, 15) is 5.11 Å². The molecule has 0 saturated carbocycles. The van der Waals surface area contributed by atoms with Gasteiger partial charge in [0.1, 0.15) is 6.23 Å². The van der Waals surface area contributed by atoms with Gasteiger partial charge in [-0.15, -0.1) is 0 Å². The summed E-state index contributed by atoms with van der Waals surface area (Å²) in [5.74, 6) is -1.33. The average molecular weight is 191 g/mol. The number of nitrogens with zero attached hydrogens (tertiary/aromatic N) is 1. The Balaban J connectivity index is 2.40. The highest BCUT2D eigenvalue weighted by atomic mass is 16.6. The van der Waals surface area contributed by atoms with Crippen LogP contribution in [0.3, 0.4) is 0 Å². The fourth-order valence-corrected chi connectivity index (χ4v) is 1.66. The molecule has 0 amide bonds. The third-order valence-corrected chi connectivity index (χ3v) is 2.37. The van der Waals surface area contributed by atoms with Crippen LogP contribution in [-0.2, 0) is 10.5 Å². The molecule has 1 aliphatic rings. The van der Waals surface area contributed by atoms with Gasteiger partial charge < -0.3 is 9.84 Å². The van der Waals surface area contributed by atoms with Gasteiger partial charge in [-0.2, -0.15) is 0 Å². The Kier molecular flexibility index (Phi) is 2.13. The second-order valence-electron chi connectivity index (χ2n) is 3.44. The van der Waals surface area contributed by atoms with E-state index in [0.29, 0.717) is 5.71 Å². The molecule has 0 unspecified atom stereocenters. The summed E-state index contributed by atoms with van der Waals surface area (Å²) in [6, 6.07) is 9.30. The maximum absolute atomic E-state index is 10.2. The lowest BCUT2D eigenvalue weighted by Gasteiger charge is -2.23. The standard InChI is InChI=1S/C11H13NO2/c1-8-11(13,14-9(2)12-8)10-6-4-3-5-7-10/h3-7,9,13H,1-2H3/t9-,11-/m1/s1. The van der Waals surface area contributed by atoms with Gasteiger partial charge in [-0.1, -0.05) is 30.3 Å². The van der Waals surface area contributed by atoms with Crippen LogP contribution in [0, 0.1) is 0 Å². The van der Waals surface area contributed by atoms with Crippen molar-refractivity contribution in [1.82, 2.24) is 0 Å². The van der Waals surface area contributed by atoms with E-state index in [1.165, 1.54) is 0 Å². The van der Waals surface area contributed by atoms with Crippen LogP contribution in [0.15, 0.2) is 35.3 Å². The first kappa shape index (κ1) is 9.37. The van der Waals surface area contributed by atoms with Crippen molar-refractivity contribution in [3.05, 3.63) is 35.9 Å². The molecule has 3 nitrogen and oxygen atoms in total. The highest BCUT2D eigenvalue weighted by molar-refractivity contribution is 5.91. The maximum atomic E-state index is 10.2. The predicted octanol–water partition coefficient (Wildman–Crippen LogP) is 1.67. The Morgan fingerprint density at radius 3 is 2.50 bits per heavy atom. The van der Waals surface area contributed by atoms with E-state index in [4.69, 9.17) is 4.74 Å². The maximum Gasteiger partial charge on any atom is 0.234 e. The summed E-state index contributed by atoms with van der Waals surface area (Å²) in [7, 11) is 0. The van der Waals surface area contributed by atoms with Gasteiger partial charge in [0.25, 0.3) is 0 Å². The van der Waals surface area contributed by atoms with E-state index in [1.54, 1.807) is 6.92 Å². The van der Waals surface area contributed by atoms with Crippen molar-refractivity contribution in [1.29, 1.82) is 0 Å². The topological polar surface area (TPSA) is 41.8 Å². The lowest BCUT2D eigenvalue weighted by molar-refractivity contribution is -0.166. The largest absolute Gasteiger partial charge is 0.357 e. The molecule has 0 fully saturated rings. The van der Waals surface area contributed by atoms with Crippen LogP contribution in [0.25, 0.3) is 0 Å². The molecule has 14 heavy (non-hydrogen) atoms. The van der Waals surface area contributed by atoms with E-state index < -0.39 is 5.79 Å². The van der Waals surface area contributed by atoms with E-state index in [-0.39, 0.29) is 6.23 Å². The molecule has 1 aromatic rings. The summed E-state index contributed by atoms with van der Waals surface area (Å²) < 4.78 is 5.40. The first-order chi connectivity index (χ1) is 6.63. The number of aliphatic hydroxyl groups is 1. The summed E-state index contributed by atoms with van der Waals surface area (Å²) in [6.07, 6.45) is -0.278. The molecule has 0 spiro atoms. The molecule has 0 aromatic heterocycles. The van der Waals surface area contributed by atoms with Crippen LogP contribution in [0.4, 0.5) is 0 Å². The van der Waals surface area contributed by atoms with E-state index >= 15 is 0 Å². The van der Waals surface area contributed by atoms with Gasteiger partial charge in [-0.25, -0.2) is 0 Å². The third kappa shape index (κ3) is 1.35. The quantitative estimate of drug-likeness (QED) is 0.733. The number of aliphatic imine (C=N–C) groups is 1. The zero-order valence-corrected chi connectivity index (χ0v) is 8.27. The van der Waals surface area contributed by atoms with Crippen LogP contribution in [0.2, 0.25) is 0 Å². The van der Waals surface area contributed by atoms with Crippen molar-refractivity contribution in [3.8, 4) is 0 Å². The summed E-state index contributed by atoms with van der Waals surface area (Å²) in [4.78, 5) is 4.16. The first-order valence-corrected chi connectivity index (χ1v) is 4.63. The van der Waals surface area contributed by atoms with Gasteiger partial charge in [-0.05, 0) is 13.8 Å². The van der Waals surface area contributed by atoms with E-state index in [2.05, 4.69) is 4.99 Å². The zero-order valence-electron chi connectivity index (χ0n) is 8.27. The van der Waals surface area contributed by atoms with Crippen LogP contribution in [-0.4, -0.2) is 17.0 Å². The van der Waals surface area contributed by atoms with Gasteiger partial charge in [0.2, 0.25) is 5.79 Å². The molecular formula is C11H13NO2. The predicted molar refractivity (Wildman–Crippen MR) is 54.0 cm³/mol. The summed E-state index contributed by atoms with van der Waals surface area (Å²) in [5.41, 5.74) is 1.34. The van der Waals surface area contributed by atoms with Crippen molar-refractivity contribution in [2.24, 2.45) is 4.99 Å². The molecule has 2 atom stereocenters. The minimum absolute atomic E-state index is 0.278. The molecular weight excluding hydrogens is 178 g/mol. The second kappa shape index (κ2) is 3.19. The Labute approximate surface area is 83.1 Å². The lowest BCUT2D eigenvalue weighted by Crippen LogP contribution is -2.33. The van der Waals surface area contributed by atoms with Crippen LogP contribution < -0.4 is 0 Å². The molecule has 2 rings (SSSR count). The zero-order chi connectivity index (χ0) is 10.2. The molecule has 0 bridgehead atoms. The molecule has 1 aromatic carbocycles. The first-order valence-electron chi connectivity index (χ1n) is 4.63. The molecule has 0 aliphatic carbocycles. The number of ether oxygens (including phenoxy) is 1. The number of benzene rings is 1. The summed E-state index contributed by atoms with van der Waals surface area (Å²) in [6.45, 7) is 3.58. The van der Waals surface area contributed by atoms with Crippen LogP contribution >= 0.6 is 0 Å². The van der Waals surface area contributed by atoms with Gasteiger partial charge in [-0.3, -0.25) is 4.99 Å². The minimum atomic E-state index is -1.33. The molecule has 1 heterocycles. The summed E-state index contributed by atoms with van der Waals surface area (Å²) in [5, 5.41) is 10.2. The Bertz CT molecular complexity index is 361. The number of rotatable bonds is 1. The number of hydrogen-bond donors (Lipinski definition) is 1. The van der Waals surface area contributed by atoms with E-state index in [0.717, 1.165) is 5.56 Å². The highest BCUT2D eigenvalue weighted by Crippen LogP contribution is 2.31. The van der Waals surface area contributed by atoms with Gasteiger partial charge in [0.05, 0.1) is 5.71 Å². The Morgan fingerprint density at radius 1 is 1.36 bits per heavy atom. The fourth-order valence-electron chi connectivity index (χ4n) is 1.66. The Hall–Kier alpha value is -1.19. The molecule has 0 radical (unpaired) electrons. The second-order valence-corrected chi connectivity index (χ2v) is 3.44. The lowest BCUT2D eigenvalue weighted by atomic mass is 10.0. The van der Waals surface area contributed by atoms with Gasteiger partial charge in [0.15, 0.2) is 0 Å². The minimum Gasteiger partial charge on any atom is -0.357 e. The normalized spacial score (nSPS) is 31.6. The summed E-state index contributed by atoms with van der Waals surface area (Å²) >= 11 is 0. The van der Waals surface area contributed by atoms with Crippen LogP contribution in [0.5, 0.6) is 0 Å². The van der Waals surface area contributed by atoms with Crippen molar-refractivity contribution in [2.45, 2.75) is 25.9 Å². The highest BCUT2D eigenvalue weighted by Gasteiger charge is 2.40. The molecule has 3 heteroatoms. The Morgan fingerprint density at radius 2 is 2.00 bits per heavy atom. The smallest absolute Gasteiger partial charge is 0.234 e. The fraction of sp³-hybridized carbons (Fsp3) is 0.364. The van der Waals surface area contributed by atoms with E-state index in [1.807, 2.05) is 37.3 Å². The molecule has 0 saturated heterocycles. The van der Waals surface area contributed by atoms with Gasteiger partial charge in [0, 0.05) is 5.56 Å². The SMILES string of the molecule is CC1=N[C@@H](C)O[C@@]1(O)c1ccccc1. The monoisotopic (exact) mass is 191 g/mol. The molecule has 1 N–H and O–H groups in total. The molecule has 74 valence electrons. The van der Waals surface area contributed by atoms with Crippen molar-refractivity contribution >= 4 is 5.71 Å². The van der Waals surface area contributed by atoms with Crippen LogP contribution in [0.1, 0.15) is 19.4 Å². The number of hydrogen-bond acceptors (Lipinski definition) is 3. The molecule has 1 aliphatic heterocycles. The van der Waals surface area contributed by atoms with Crippen molar-refractivity contribution in [3.63, 3.8) is 0 Å². The van der Waals surface area contributed by atoms with Crippen molar-refractivity contribution in [2.75, 3.05) is 0 Å². The average Bonchev–Trinajstić information content (AvgIpc) is 2.43. The van der Waals surface area contributed by atoms with Crippen molar-refractivity contribution < 1.29 is 9.84 Å². The van der Waals surface area contributed by atoms with Gasteiger partial charge >= 0.3 is 0 Å².